The second-order valence-corrected chi connectivity index (χ2v) is 9.11. The third kappa shape index (κ3) is 2.82. The van der Waals surface area contributed by atoms with Crippen LogP contribution >= 0.6 is 0 Å². The Hall–Kier alpha value is -3.42. The van der Waals surface area contributed by atoms with Gasteiger partial charge >= 0.3 is 0 Å². The van der Waals surface area contributed by atoms with Gasteiger partial charge in [0, 0.05) is 41.1 Å². The second-order valence-electron chi connectivity index (χ2n) is 9.11. The molecule has 0 radical (unpaired) electrons. The summed E-state index contributed by atoms with van der Waals surface area (Å²) >= 11 is 0. The zero-order valence-corrected chi connectivity index (χ0v) is 17.9. The molecule has 164 valence electrons. The minimum atomic E-state index is -1.26. The Kier molecular flexibility index (Phi) is 4.19. The fourth-order valence-electron chi connectivity index (χ4n) is 4.24. The molecule has 8 heteroatoms. The molecule has 3 heterocycles. The van der Waals surface area contributed by atoms with E-state index in [-0.39, 0.29) is 22.5 Å². The molecule has 32 heavy (non-hydrogen) atoms. The third-order valence-electron chi connectivity index (χ3n) is 6.37. The molecule has 1 aliphatic rings. The van der Waals surface area contributed by atoms with E-state index in [9.17, 15) is 17.6 Å². The van der Waals surface area contributed by atoms with Gasteiger partial charge in [0.15, 0.2) is 11.6 Å². The highest BCUT2D eigenvalue weighted by Crippen LogP contribution is 2.39. The van der Waals surface area contributed by atoms with Crippen molar-refractivity contribution in [2.75, 3.05) is 0 Å². The molecule has 2 aromatic heterocycles. The Morgan fingerprint density at radius 3 is 1.41 bits per heavy atom. The van der Waals surface area contributed by atoms with Crippen LogP contribution in [0, 0.1) is 23.3 Å². The van der Waals surface area contributed by atoms with Gasteiger partial charge in [-0.3, -0.25) is 0 Å². The molecule has 0 spiro atoms. The lowest BCUT2D eigenvalue weighted by atomic mass is 9.77. The Morgan fingerprint density at radius 1 is 0.594 bits per heavy atom. The van der Waals surface area contributed by atoms with Crippen LogP contribution in [0.2, 0.25) is 0 Å². The summed E-state index contributed by atoms with van der Waals surface area (Å²) in [6.45, 7) is 6.98. The van der Waals surface area contributed by atoms with E-state index >= 15 is 0 Å². The van der Waals surface area contributed by atoms with E-state index < -0.39 is 34.1 Å². The Morgan fingerprint density at radius 2 is 1.00 bits per heavy atom. The van der Waals surface area contributed by atoms with Crippen molar-refractivity contribution in [3.63, 3.8) is 0 Å². The van der Waals surface area contributed by atoms with Gasteiger partial charge in [-0.1, -0.05) is 13.8 Å². The predicted octanol–water partition coefficient (Wildman–Crippen LogP) is 5.58. The van der Waals surface area contributed by atoms with Gasteiger partial charge in [-0.15, -0.1) is 0 Å². The number of aromatic nitrogens is 4. The van der Waals surface area contributed by atoms with Crippen LogP contribution in [0.25, 0.3) is 11.4 Å². The highest BCUT2D eigenvalue weighted by Gasteiger charge is 2.34. The van der Waals surface area contributed by atoms with Crippen molar-refractivity contribution >= 4 is 0 Å². The van der Waals surface area contributed by atoms with Crippen LogP contribution in [0.3, 0.4) is 0 Å². The summed E-state index contributed by atoms with van der Waals surface area (Å²) in [5.74, 6) is -3.26. The van der Waals surface area contributed by atoms with Crippen LogP contribution in [-0.4, -0.2) is 19.6 Å². The lowest BCUT2D eigenvalue weighted by molar-refractivity contribution is 0.495. The van der Waals surface area contributed by atoms with Crippen LogP contribution in [-0.2, 0) is 10.8 Å². The van der Waals surface area contributed by atoms with Crippen LogP contribution in [0.4, 0.5) is 17.6 Å². The molecule has 2 aromatic carbocycles. The molecule has 1 aliphatic heterocycles. The van der Waals surface area contributed by atoms with Crippen molar-refractivity contribution in [2.45, 2.75) is 38.5 Å². The summed E-state index contributed by atoms with van der Waals surface area (Å²) in [5.41, 5.74) is -0.579. The molecule has 0 fully saturated rings. The molecule has 0 amide bonds. The maximum Gasteiger partial charge on any atom is 0.151 e. The minimum absolute atomic E-state index is 0.0295. The summed E-state index contributed by atoms with van der Waals surface area (Å²) in [6, 6.07) is 7.65. The first kappa shape index (κ1) is 20.5. The number of halogens is 4. The normalized spacial score (nSPS) is 16.0. The second kappa shape index (κ2) is 6.54. The largest absolute Gasteiger partial charge is 0.238 e. The van der Waals surface area contributed by atoms with Gasteiger partial charge in [-0.25, -0.2) is 26.9 Å². The van der Waals surface area contributed by atoms with Gasteiger partial charge in [0.05, 0.1) is 16.8 Å². The SMILES string of the molecule is CC1(C)c2ccn(n2)-c2cc(c(F)cc2F)C(C)(C)c2cc(c(F)cc2F)-n2ccc1n2. The highest BCUT2D eigenvalue weighted by atomic mass is 19.1. The first-order valence-electron chi connectivity index (χ1n) is 10.1. The van der Waals surface area contributed by atoms with Crippen molar-refractivity contribution in [2.24, 2.45) is 0 Å². The molecule has 0 aliphatic carbocycles. The van der Waals surface area contributed by atoms with E-state index in [0.717, 1.165) is 12.1 Å². The smallest absolute Gasteiger partial charge is 0.151 e. The van der Waals surface area contributed by atoms with Gasteiger partial charge in [0.25, 0.3) is 0 Å². The summed E-state index contributed by atoms with van der Waals surface area (Å²) < 4.78 is 62.2. The van der Waals surface area contributed by atoms with Crippen molar-refractivity contribution < 1.29 is 17.6 Å². The van der Waals surface area contributed by atoms with Crippen molar-refractivity contribution in [3.05, 3.63) is 94.6 Å². The quantitative estimate of drug-likeness (QED) is 0.335. The lowest BCUT2D eigenvalue weighted by Crippen LogP contribution is -2.25. The molecule has 0 N–H and O–H groups in total. The van der Waals surface area contributed by atoms with E-state index in [1.807, 2.05) is 13.8 Å². The number of hydrogen-bond acceptors (Lipinski definition) is 2. The first-order chi connectivity index (χ1) is 15.0. The summed E-state index contributed by atoms with van der Waals surface area (Å²) in [4.78, 5) is 0. The summed E-state index contributed by atoms with van der Waals surface area (Å²) in [6.07, 6.45) is 3.17. The van der Waals surface area contributed by atoms with E-state index in [1.54, 1.807) is 38.4 Å². The fourth-order valence-corrected chi connectivity index (χ4v) is 4.24. The molecule has 0 unspecified atom stereocenters. The van der Waals surface area contributed by atoms with Crippen LogP contribution in [0.15, 0.2) is 48.8 Å². The van der Waals surface area contributed by atoms with Crippen molar-refractivity contribution in [1.82, 2.24) is 19.6 Å². The number of nitrogens with zero attached hydrogens (tertiary/aromatic N) is 4. The number of benzene rings is 2. The molecule has 4 nitrogen and oxygen atoms in total. The Balaban J connectivity index is 1.90. The number of fused-ring (bicyclic) bond motifs is 10. The maximum absolute atomic E-state index is 15.0. The average Bonchev–Trinajstić information content (AvgIpc) is 3.37. The van der Waals surface area contributed by atoms with E-state index in [0.29, 0.717) is 11.4 Å². The van der Waals surface area contributed by atoms with Crippen LogP contribution < -0.4 is 0 Å². The molecule has 0 saturated carbocycles. The number of rotatable bonds is 0. The zero-order valence-electron chi connectivity index (χ0n) is 17.9. The standard InChI is InChI=1S/C24H20F4N4/c1-23(2)13-9-19(17(27)11-15(13)25)31-7-5-21(29-31)24(3,4)22-6-8-32(30-22)20-10-14(23)16(26)12-18(20)28/h5-12H,1-4H3. The minimum Gasteiger partial charge on any atom is -0.238 e. The van der Waals surface area contributed by atoms with E-state index in [4.69, 9.17) is 0 Å². The van der Waals surface area contributed by atoms with Gasteiger partial charge in [-0.2, -0.15) is 10.2 Å². The average molecular weight is 440 g/mol. The fraction of sp³-hybridized carbons (Fsp3) is 0.250. The molecule has 0 saturated heterocycles. The Bertz CT molecular complexity index is 1280. The van der Waals surface area contributed by atoms with Crippen LogP contribution in [0.1, 0.15) is 50.2 Å². The predicted molar refractivity (Wildman–Crippen MR) is 111 cm³/mol. The van der Waals surface area contributed by atoms with E-state index in [1.165, 1.54) is 21.5 Å². The topological polar surface area (TPSA) is 35.6 Å². The van der Waals surface area contributed by atoms with Crippen molar-refractivity contribution in [1.29, 1.82) is 0 Å². The summed E-state index contributed by atoms with van der Waals surface area (Å²) in [5, 5.41) is 9.03. The van der Waals surface area contributed by atoms with Gasteiger partial charge in [0.2, 0.25) is 0 Å². The molecular formula is C24H20F4N4. The highest BCUT2D eigenvalue weighted by molar-refractivity contribution is 5.50. The molecule has 0 atom stereocenters. The van der Waals surface area contributed by atoms with Gasteiger partial charge in [0.1, 0.15) is 23.0 Å². The first-order valence-corrected chi connectivity index (χ1v) is 10.1. The van der Waals surface area contributed by atoms with Crippen LogP contribution in [0.5, 0.6) is 0 Å². The Labute approximate surface area is 182 Å². The monoisotopic (exact) mass is 440 g/mol. The molecular weight excluding hydrogens is 420 g/mol. The van der Waals surface area contributed by atoms with Gasteiger partial charge in [-0.05, 0) is 38.1 Å². The van der Waals surface area contributed by atoms with Gasteiger partial charge < -0.3 is 0 Å². The maximum atomic E-state index is 15.0. The van der Waals surface area contributed by atoms with Crippen molar-refractivity contribution in [3.8, 4) is 11.4 Å². The lowest BCUT2D eigenvalue weighted by Gasteiger charge is -2.28. The molecule has 4 aromatic rings. The number of hydrogen-bond donors (Lipinski definition) is 0. The molecule has 5 rings (SSSR count). The van der Waals surface area contributed by atoms with E-state index in [2.05, 4.69) is 10.2 Å². The third-order valence-corrected chi connectivity index (χ3v) is 6.37. The molecule has 8 bridgehead atoms. The zero-order chi connectivity index (χ0) is 23.0. The summed E-state index contributed by atoms with van der Waals surface area (Å²) in [7, 11) is 0.